The average molecular weight is 526 g/mol. The molecule has 2 rings (SSSR count). The van der Waals surface area contributed by atoms with Crippen molar-refractivity contribution < 1.29 is 9.47 Å². The molecule has 5 nitrogen and oxygen atoms in total. The van der Waals surface area contributed by atoms with Crippen molar-refractivity contribution in [1.29, 1.82) is 5.26 Å². The van der Waals surface area contributed by atoms with Crippen LogP contribution in [0.25, 0.3) is 15.8 Å². The van der Waals surface area contributed by atoms with Crippen molar-refractivity contribution in [3.8, 4) is 15.8 Å². The van der Waals surface area contributed by atoms with E-state index in [1.165, 1.54) is 14.8 Å². The van der Waals surface area contributed by atoms with Crippen LogP contribution in [0.4, 0.5) is 5.00 Å². The Hall–Kier alpha value is -1.47. The fourth-order valence-corrected chi connectivity index (χ4v) is 5.23. The van der Waals surface area contributed by atoms with Gasteiger partial charge < -0.3 is 19.7 Å². The molecule has 0 spiro atoms. The SMILES string of the molecule is CN(C)c1ccc(-c2ccc(/C=C(\C#N)C(=S)NCCOCCOCCCCCCCl)s2)s1. The van der Waals surface area contributed by atoms with Gasteiger partial charge in [-0.2, -0.15) is 5.26 Å². The lowest BCUT2D eigenvalue weighted by Crippen LogP contribution is -2.27. The first-order chi connectivity index (χ1) is 16.0. The second kappa shape index (κ2) is 16.2. The number of unbranched alkanes of at least 4 members (excludes halogenated alkanes) is 3. The minimum Gasteiger partial charge on any atom is -0.379 e. The standard InChI is InChI=1S/C24H32ClN3O2S3/c1-28(2)23-10-9-22(33-23)21-8-7-20(32-21)17-19(18-26)24(31)27-12-14-30-16-15-29-13-6-4-3-5-11-25/h7-10,17H,3-6,11-16H2,1-2H3,(H,27,31)/b19-17+. The van der Waals surface area contributed by atoms with Gasteiger partial charge in [-0.25, -0.2) is 0 Å². The Morgan fingerprint density at radius 1 is 1.03 bits per heavy atom. The molecule has 0 amide bonds. The van der Waals surface area contributed by atoms with Gasteiger partial charge in [0.1, 0.15) is 11.1 Å². The van der Waals surface area contributed by atoms with E-state index >= 15 is 0 Å². The molecule has 1 N–H and O–H groups in total. The number of anilines is 1. The maximum Gasteiger partial charge on any atom is 0.117 e. The third kappa shape index (κ3) is 10.6. The van der Waals surface area contributed by atoms with Gasteiger partial charge in [-0.1, -0.05) is 25.1 Å². The smallest absolute Gasteiger partial charge is 0.117 e. The minimum atomic E-state index is 0.440. The van der Waals surface area contributed by atoms with Crippen molar-refractivity contribution in [2.24, 2.45) is 0 Å². The van der Waals surface area contributed by atoms with Crippen LogP contribution in [0.3, 0.4) is 0 Å². The molecule has 180 valence electrons. The number of nitrogens with zero attached hydrogens (tertiary/aromatic N) is 2. The zero-order valence-electron chi connectivity index (χ0n) is 19.3. The molecular formula is C24H32ClN3O2S3. The van der Waals surface area contributed by atoms with Crippen molar-refractivity contribution in [1.82, 2.24) is 5.32 Å². The number of alkyl halides is 1. The van der Waals surface area contributed by atoms with E-state index in [2.05, 4.69) is 34.5 Å². The molecule has 0 aromatic carbocycles. The lowest BCUT2D eigenvalue weighted by atomic mass is 10.2. The van der Waals surface area contributed by atoms with Crippen LogP contribution in [0.15, 0.2) is 29.8 Å². The van der Waals surface area contributed by atoms with Crippen molar-refractivity contribution in [3.63, 3.8) is 0 Å². The lowest BCUT2D eigenvalue weighted by molar-refractivity contribution is 0.0483. The van der Waals surface area contributed by atoms with Crippen LogP contribution in [0, 0.1) is 11.3 Å². The first-order valence-electron chi connectivity index (χ1n) is 11.0. The highest BCUT2D eigenvalue weighted by molar-refractivity contribution is 7.80. The highest BCUT2D eigenvalue weighted by atomic mass is 35.5. The fraction of sp³-hybridized carbons (Fsp3) is 0.500. The molecule has 33 heavy (non-hydrogen) atoms. The number of thiocarbonyl (C=S) groups is 1. The molecule has 0 radical (unpaired) electrons. The third-order valence-corrected chi connectivity index (χ3v) is 7.74. The quantitative estimate of drug-likeness (QED) is 0.0925. The van der Waals surface area contributed by atoms with E-state index < -0.39 is 0 Å². The van der Waals surface area contributed by atoms with Crippen LogP contribution >= 0.6 is 46.5 Å². The van der Waals surface area contributed by atoms with Gasteiger partial charge in [0, 0.05) is 47.8 Å². The number of rotatable bonds is 16. The molecule has 0 aliphatic rings. The average Bonchev–Trinajstić information content (AvgIpc) is 3.48. The summed E-state index contributed by atoms with van der Waals surface area (Å²) in [6.45, 7) is 2.96. The first kappa shape index (κ1) is 27.8. The number of nitriles is 1. The highest BCUT2D eigenvalue weighted by Crippen LogP contribution is 2.37. The molecule has 0 saturated carbocycles. The summed E-state index contributed by atoms with van der Waals surface area (Å²) in [5.74, 6) is 0.736. The van der Waals surface area contributed by atoms with Crippen LogP contribution in [-0.4, -0.2) is 57.9 Å². The molecule has 9 heteroatoms. The van der Waals surface area contributed by atoms with E-state index in [1.807, 2.05) is 26.2 Å². The first-order valence-corrected chi connectivity index (χ1v) is 13.6. The van der Waals surface area contributed by atoms with E-state index in [-0.39, 0.29) is 0 Å². The molecule has 0 saturated heterocycles. The fourth-order valence-electron chi connectivity index (χ4n) is 2.86. The Kier molecular flexibility index (Phi) is 13.6. The van der Waals surface area contributed by atoms with Crippen molar-refractivity contribution in [2.45, 2.75) is 25.7 Å². The summed E-state index contributed by atoms with van der Waals surface area (Å²) < 4.78 is 11.1. The molecule has 2 heterocycles. The largest absolute Gasteiger partial charge is 0.379 e. The van der Waals surface area contributed by atoms with Gasteiger partial charge in [-0.3, -0.25) is 0 Å². The Labute approximate surface area is 216 Å². The maximum atomic E-state index is 9.54. The van der Waals surface area contributed by atoms with Crippen molar-refractivity contribution in [3.05, 3.63) is 34.7 Å². The molecule has 0 fully saturated rings. The Bertz CT molecular complexity index is 918. The van der Waals surface area contributed by atoms with Crippen molar-refractivity contribution >= 4 is 62.6 Å². The summed E-state index contributed by atoms with van der Waals surface area (Å²) in [5.41, 5.74) is 0.455. The van der Waals surface area contributed by atoms with Gasteiger partial charge in [0.05, 0.1) is 30.4 Å². The summed E-state index contributed by atoms with van der Waals surface area (Å²) >= 11 is 14.5. The minimum absolute atomic E-state index is 0.440. The summed E-state index contributed by atoms with van der Waals surface area (Å²) in [7, 11) is 4.08. The summed E-state index contributed by atoms with van der Waals surface area (Å²) in [4.78, 5) is 5.94. The lowest BCUT2D eigenvalue weighted by Gasteiger charge is -2.08. The topological polar surface area (TPSA) is 57.5 Å². The predicted octanol–water partition coefficient (Wildman–Crippen LogP) is 6.20. The number of hydrogen-bond acceptors (Lipinski definition) is 7. The van der Waals surface area contributed by atoms with Crippen LogP contribution in [0.5, 0.6) is 0 Å². The summed E-state index contributed by atoms with van der Waals surface area (Å²) in [6, 6.07) is 10.6. The van der Waals surface area contributed by atoms with E-state index in [4.69, 9.17) is 33.3 Å². The van der Waals surface area contributed by atoms with Crippen molar-refractivity contribution in [2.75, 3.05) is 57.8 Å². The number of halogens is 1. The monoisotopic (exact) mass is 525 g/mol. The van der Waals surface area contributed by atoms with E-state index in [0.717, 1.165) is 43.0 Å². The van der Waals surface area contributed by atoms with Crippen LogP contribution < -0.4 is 10.2 Å². The molecule has 0 atom stereocenters. The van der Waals surface area contributed by atoms with Crippen LogP contribution in [-0.2, 0) is 9.47 Å². The molecule has 0 aliphatic carbocycles. The van der Waals surface area contributed by atoms with Gasteiger partial charge in [0.25, 0.3) is 0 Å². The van der Waals surface area contributed by atoms with Crippen LogP contribution in [0.1, 0.15) is 30.6 Å². The molecular weight excluding hydrogens is 494 g/mol. The number of thiophene rings is 2. The number of ether oxygens (including phenoxy) is 2. The third-order valence-electron chi connectivity index (χ3n) is 4.63. The van der Waals surface area contributed by atoms with E-state index in [0.29, 0.717) is 36.9 Å². The van der Waals surface area contributed by atoms with Gasteiger partial charge >= 0.3 is 0 Å². The summed E-state index contributed by atoms with van der Waals surface area (Å²) in [5, 5.41) is 13.9. The zero-order chi connectivity index (χ0) is 23.9. The molecule has 2 aromatic rings. The van der Waals surface area contributed by atoms with E-state index in [9.17, 15) is 5.26 Å². The number of nitrogens with one attached hydrogen (secondary N) is 1. The Morgan fingerprint density at radius 2 is 1.73 bits per heavy atom. The maximum absolute atomic E-state index is 9.54. The normalized spacial score (nSPS) is 11.4. The van der Waals surface area contributed by atoms with Gasteiger partial charge in [-0.05, 0) is 43.2 Å². The van der Waals surface area contributed by atoms with Crippen LogP contribution in [0.2, 0.25) is 0 Å². The second-order valence-electron chi connectivity index (χ2n) is 7.49. The Morgan fingerprint density at radius 3 is 2.42 bits per heavy atom. The second-order valence-corrected chi connectivity index (χ2v) is 10.5. The predicted molar refractivity (Wildman–Crippen MR) is 147 cm³/mol. The van der Waals surface area contributed by atoms with E-state index in [1.54, 1.807) is 22.7 Å². The van der Waals surface area contributed by atoms with Gasteiger partial charge in [-0.15, -0.1) is 34.3 Å². The van der Waals surface area contributed by atoms with Gasteiger partial charge in [0.2, 0.25) is 0 Å². The van der Waals surface area contributed by atoms with Gasteiger partial charge in [0.15, 0.2) is 0 Å². The molecule has 0 bridgehead atoms. The highest BCUT2D eigenvalue weighted by Gasteiger charge is 2.09. The molecule has 0 unspecified atom stereocenters. The summed E-state index contributed by atoms with van der Waals surface area (Å²) in [6.07, 6.45) is 6.29. The molecule has 0 aliphatic heterocycles. The number of hydrogen-bond donors (Lipinski definition) is 1. The molecule has 2 aromatic heterocycles. The zero-order valence-corrected chi connectivity index (χ0v) is 22.5. The Balaban J connectivity index is 1.67.